The predicted molar refractivity (Wildman–Crippen MR) is 60.1 cm³/mol. The fourth-order valence-corrected chi connectivity index (χ4v) is 1.60. The average Bonchev–Trinajstić information content (AvgIpc) is 2.38. The molecular weight excluding hydrogens is 217 g/mol. The first-order valence-corrected chi connectivity index (χ1v) is 4.95. The van der Waals surface area contributed by atoms with Crippen molar-refractivity contribution in [2.45, 2.75) is 26.0 Å². The maximum Gasteiger partial charge on any atom is 0.127 e. The van der Waals surface area contributed by atoms with Gasteiger partial charge in [-0.15, -0.1) is 12.4 Å². The van der Waals surface area contributed by atoms with Crippen LogP contribution in [0.3, 0.4) is 0 Å². The molecule has 0 aliphatic carbocycles. The molecule has 2 nitrogen and oxygen atoms in total. The highest BCUT2D eigenvalue weighted by atomic mass is 35.5. The molecule has 0 saturated heterocycles. The van der Waals surface area contributed by atoms with E-state index in [1.165, 1.54) is 12.1 Å². The van der Waals surface area contributed by atoms with Crippen LogP contribution in [0.4, 0.5) is 4.39 Å². The van der Waals surface area contributed by atoms with Crippen LogP contribution in [-0.4, -0.2) is 12.6 Å². The van der Waals surface area contributed by atoms with Gasteiger partial charge in [0, 0.05) is 24.7 Å². The lowest BCUT2D eigenvalue weighted by Crippen LogP contribution is -2.27. The maximum atomic E-state index is 13.0. The van der Waals surface area contributed by atoms with Crippen molar-refractivity contribution in [3.8, 4) is 5.75 Å². The van der Waals surface area contributed by atoms with Gasteiger partial charge in [-0.3, -0.25) is 0 Å². The molecule has 1 aromatic carbocycles. The van der Waals surface area contributed by atoms with Gasteiger partial charge in [0.1, 0.15) is 17.7 Å². The lowest BCUT2D eigenvalue weighted by molar-refractivity contribution is 0.201. The van der Waals surface area contributed by atoms with Crippen LogP contribution in [0.25, 0.3) is 0 Å². The van der Waals surface area contributed by atoms with Crippen LogP contribution in [0.15, 0.2) is 18.2 Å². The first kappa shape index (κ1) is 12.3. The normalized spacial score (nSPS) is 19.5. The van der Waals surface area contributed by atoms with E-state index in [9.17, 15) is 4.39 Å². The van der Waals surface area contributed by atoms with Gasteiger partial charge in [0.2, 0.25) is 0 Å². The van der Waals surface area contributed by atoms with Gasteiger partial charge in [0.15, 0.2) is 0 Å². The molecule has 0 spiro atoms. The molecule has 0 aromatic heterocycles. The molecule has 15 heavy (non-hydrogen) atoms. The second kappa shape index (κ2) is 5.33. The zero-order chi connectivity index (χ0) is 9.97. The summed E-state index contributed by atoms with van der Waals surface area (Å²) in [6, 6.07) is 4.71. The minimum atomic E-state index is -0.236. The van der Waals surface area contributed by atoms with E-state index >= 15 is 0 Å². The van der Waals surface area contributed by atoms with Gasteiger partial charge < -0.3 is 10.1 Å². The van der Waals surface area contributed by atoms with E-state index in [1.807, 2.05) is 0 Å². The van der Waals surface area contributed by atoms with Gasteiger partial charge in [-0.2, -0.15) is 0 Å². The van der Waals surface area contributed by atoms with Crippen LogP contribution in [0.2, 0.25) is 0 Å². The molecule has 2 rings (SSSR count). The molecule has 1 aliphatic rings. The topological polar surface area (TPSA) is 21.3 Å². The van der Waals surface area contributed by atoms with Crippen LogP contribution < -0.4 is 10.1 Å². The number of ether oxygens (including phenoxy) is 1. The smallest absolute Gasteiger partial charge is 0.127 e. The van der Waals surface area contributed by atoms with Gasteiger partial charge in [0.25, 0.3) is 0 Å². The largest absolute Gasteiger partial charge is 0.489 e. The molecule has 1 aliphatic heterocycles. The van der Waals surface area contributed by atoms with Crippen LogP contribution in [-0.2, 0) is 6.54 Å². The summed E-state index contributed by atoms with van der Waals surface area (Å²) in [5, 5.41) is 3.28. The monoisotopic (exact) mass is 231 g/mol. The molecular formula is C11H15ClFNO. The number of hydrogen-bond donors (Lipinski definition) is 1. The van der Waals surface area contributed by atoms with E-state index in [2.05, 4.69) is 12.2 Å². The van der Waals surface area contributed by atoms with Crippen molar-refractivity contribution in [1.82, 2.24) is 5.32 Å². The summed E-state index contributed by atoms with van der Waals surface area (Å²) in [6.07, 6.45) is 1.08. The second-order valence-corrected chi connectivity index (χ2v) is 3.53. The van der Waals surface area contributed by atoms with Gasteiger partial charge in [-0.1, -0.05) is 13.0 Å². The van der Waals surface area contributed by atoms with E-state index in [4.69, 9.17) is 4.74 Å². The van der Waals surface area contributed by atoms with E-state index in [1.54, 1.807) is 6.07 Å². The molecule has 1 aromatic rings. The molecule has 4 heteroatoms. The summed E-state index contributed by atoms with van der Waals surface area (Å²) in [6.45, 7) is 3.65. The summed E-state index contributed by atoms with van der Waals surface area (Å²) in [5.41, 5.74) is 1.03. The molecule has 1 heterocycles. The van der Waals surface area contributed by atoms with Crippen molar-refractivity contribution in [2.75, 3.05) is 6.54 Å². The van der Waals surface area contributed by atoms with Crippen molar-refractivity contribution in [3.63, 3.8) is 0 Å². The van der Waals surface area contributed by atoms with E-state index < -0.39 is 0 Å². The van der Waals surface area contributed by atoms with Crippen LogP contribution >= 0.6 is 12.4 Å². The Bertz CT molecular complexity index is 332. The predicted octanol–water partition coefficient (Wildman–Crippen LogP) is 2.51. The zero-order valence-corrected chi connectivity index (χ0v) is 9.44. The lowest BCUT2D eigenvalue weighted by atomic mass is 10.2. The summed E-state index contributed by atoms with van der Waals surface area (Å²) in [4.78, 5) is 0. The summed E-state index contributed by atoms with van der Waals surface area (Å²) in [5.74, 6) is 0.447. The summed E-state index contributed by atoms with van der Waals surface area (Å²) in [7, 11) is 0. The molecule has 0 bridgehead atoms. The molecule has 84 valence electrons. The highest BCUT2D eigenvalue weighted by Crippen LogP contribution is 2.23. The number of benzene rings is 1. The Morgan fingerprint density at radius 3 is 3.07 bits per heavy atom. The molecule has 0 radical (unpaired) electrons. The highest BCUT2D eigenvalue weighted by Gasteiger charge is 2.15. The van der Waals surface area contributed by atoms with E-state index in [0.29, 0.717) is 5.75 Å². The summed E-state index contributed by atoms with van der Waals surface area (Å²) < 4.78 is 18.6. The molecule has 0 fully saturated rings. The fourth-order valence-electron chi connectivity index (χ4n) is 1.60. The average molecular weight is 232 g/mol. The molecule has 0 amide bonds. The van der Waals surface area contributed by atoms with Crippen molar-refractivity contribution in [1.29, 1.82) is 0 Å². The number of nitrogens with one attached hydrogen (secondary N) is 1. The lowest BCUT2D eigenvalue weighted by Gasteiger charge is -2.14. The van der Waals surface area contributed by atoms with Crippen LogP contribution in [0, 0.1) is 5.82 Å². The Morgan fingerprint density at radius 1 is 1.53 bits per heavy atom. The number of hydrogen-bond acceptors (Lipinski definition) is 2. The third kappa shape index (κ3) is 2.83. The van der Waals surface area contributed by atoms with Gasteiger partial charge in [-0.05, 0) is 12.5 Å². The number of fused-ring (bicyclic) bond motifs is 1. The van der Waals surface area contributed by atoms with E-state index in [0.717, 1.165) is 25.1 Å². The van der Waals surface area contributed by atoms with Crippen LogP contribution in [0.1, 0.15) is 18.9 Å². The molecule has 1 unspecified atom stereocenters. The van der Waals surface area contributed by atoms with Crippen molar-refractivity contribution < 1.29 is 9.13 Å². The van der Waals surface area contributed by atoms with Crippen molar-refractivity contribution in [3.05, 3.63) is 29.6 Å². The van der Waals surface area contributed by atoms with E-state index in [-0.39, 0.29) is 24.3 Å². The number of halogens is 2. The highest BCUT2D eigenvalue weighted by molar-refractivity contribution is 5.85. The first-order chi connectivity index (χ1) is 6.79. The SMILES string of the molecule is CCC1CNCc2ccc(F)cc2O1.Cl. The Kier molecular flexibility index (Phi) is 4.36. The van der Waals surface area contributed by atoms with Gasteiger partial charge in [0.05, 0.1) is 0 Å². The second-order valence-electron chi connectivity index (χ2n) is 3.53. The minimum absolute atomic E-state index is 0. The molecule has 0 saturated carbocycles. The minimum Gasteiger partial charge on any atom is -0.489 e. The Hall–Kier alpha value is -0.800. The zero-order valence-electron chi connectivity index (χ0n) is 8.63. The Labute approximate surface area is 95.2 Å². The third-order valence-corrected chi connectivity index (χ3v) is 2.47. The third-order valence-electron chi connectivity index (χ3n) is 2.47. The molecule has 1 N–H and O–H groups in total. The van der Waals surface area contributed by atoms with Crippen molar-refractivity contribution in [2.24, 2.45) is 0 Å². The Balaban J connectivity index is 0.00000112. The summed E-state index contributed by atoms with van der Waals surface area (Å²) >= 11 is 0. The molecule has 1 atom stereocenters. The Morgan fingerprint density at radius 2 is 2.33 bits per heavy atom. The van der Waals surface area contributed by atoms with Crippen molar-refractivity contribution >= 4 is 12.4 Å². The van der Waals surface area contributed by atoms with Crippen LogP contribution in [0.5, 0.6) is 5.75 Å². The number of rotatable bonds is 1. The van der Waals surface area contributed by atoms with Gasteiger partial charge >= 0.3 is 0 Å². The van der Waals surface area contributed by atoms with Gasteiger partial charge in [-0.25, -0.2) is 4.39 Å². The fraction of sp³-hybridized carbons (Fsp3) is 0.455. The quantitative estimate of drug-likeness (QED) is 0.802. The maximum absolute atomic E-state index is 13.0. The first-order valence-electron chi connectivity index (χ1n) is 4.95. The standard InChI is InChI=1S/C11H14FNO.ClH/c1-2-10-7-13-6-8-3-4-9(12)5-11(8)14-10;/h3-5,10,13H,2,6-7H2,1H3;1H.